The van der Waals surface area contributed by atoms with Gasteiger partial charge in [-0.15, -0.1) is 0 Å². The van der Waals surface area contributed by atoms with Gasteiger partial charge < -0.3 is 24.3 Å². The molecule has 1 aliphatic rings. The van der Waals surface area contributed by atoms with Crippen LogP contribution < -0.4 is 5.32 Å². The van der Waals surface area contributed by atoms with Gasteiger partial charge in [-0.2, -0.15) is 0 Å². The topological polar surface area (TPSA) is 114 Å². The number of nitrogens with zero attached hydrogens (tertiary/aromatic N) is 3. The van der Waals surface area contributed by atoms with E-state index in [2.05, 4.69) is 10.3 Å². The smallest absolute Gasteiger partial charge is 0.419 e. The number of nitrogens with one attached hydrogen (secondary N) is 1. The standard InChI is InChI=1S/C26H32N4O6/c1-16(31)28-23-11-18-19(13-30(21(18)12-27-23)24(32)36-25(2,3)4)20-9-17(14-33-5)10-22(29-20)26(34-6)7-8-35-15-26/h9-13H,7-8,14-15H2,1-6H3,(H,27,28,31). The van der Waals surface area contributed by atoms with Gasteiger partial charge in [-0.1, -0.05) is 0 Å². The first-order valence-corrected chi connectivity index (χ1v) is 11.7. The molecule has 4 rings (SSSR count). The summed E-state index contributed by atoms with van der Waals surface area (Å²) in [4.78, 5) is 34.0. The normalized spacial score (nSPS) is 17.9. The van der Waals surface area contributed by atoms with Crippen molar-refractivity contribution in [2.45, 2.75) is 51.9 Å². The third-order valence-electron chi connectivity index (χ3n) is 5.90. The number of fused-ring (bicyclic) bond motifs is 1. The Bertz CT molecular complexity index is 1290. The highest BCUT2D eigenvalue weighted by atomic mass is 16.6. The van der Waals surface area contributed by atoms with Crippen LogP contribution in [0.25, 0.3) is 22.2 Å². The summed E-state index contributed by atoms with van der Waals surface area (Å²) in [6.07, 6.45) is 3.35. The van der Waals surface area contributed by atoms with Crippen molar-refractivity contribution in [1.82, 2.24) is 14.5 Å². The molecule has 4 heterocycles. The second-order valence-corrected chi connectivity index (χ2v) is 9.84. The van der Waals surface area contributed by atoms with Gasteiger partial charge in [-0.25, -0.2) is 14.8 Å². The number of aromatic nitrogens is 3. The molecule has 1 N–H and O–H groups in total. The van der Waals surface area contributed by atoms with Crippen LogP contribution >= 0.6 is 0 Å². The first-order chi connectivity index (χ1) is 17.0. The fourth-order valence-electron chi connectivity index (χ4n) is 4.26. The number of methoxy groups -OCH3 is 2. The third-order valence-corrected chi connectivity index (χ3v) is 5.90. The highest BCUT2D eigenvalue weighted by Crippen LogP contribution is 2.37. The lowest BCUT2D eigenvalue weighted by molar-refractivity contribution is -0.114. The van der Waals surface area contributed by atoms with E-state index in [4.69, 9.17) is 23.9 Å². The van der Waals surface area contributed by atoms with Crippen molar-refractivity contribution in [2.75, 3.05) is 32.8 Å². The molecule has 0 saturated carbocycles. The van der Waals surface area contributed by atoms with E-state index in [0.717, 1.165) is 11.3 Å². The number of pyridine rings is 2. The van der Waals surface area contributed by atoms with E-state index in [-0.39, 0.29) is 5.91 Å². The summed E-state index contributed by atoms with van der Waals surface area (Å²) >= 11 is 0. The maximum atomic E-state index is 13.1. The summed E-state index contributed by atoms with van der Waals surface area (Å²) in [5.41, 5.74) is 2.08. The molecule has 0 spiro atoms. The van der Waals surface area contributed by atoms with Gasteiger partial charge in [-0.3, -0.25) is 9.36 Å². The highest BCUT2D eigenvalue weighted by Gasteiger charge is 2.39. The molecular weight excluding hydrogens is 464 g/mol. The zero-order chi connectivity index (χ0) is 26.1. The first kappa shape index (κ1) is 25.7. The average molecular weight is 497 g/mol. The molecule has 1 saturated heterocycles. The van der Waals surface area contributed by atoms with Crippen LogP contribution in [0.5, 0.6) is 0 Å². The molecule has 192 valence electrons. The SMILES string of the molecule is COCc1cc(-c2cn(C(=O)OC(C)(C)C)c3cnc(NC(C)=O)cc23)nc(C2(OC)CCOC2)c1. The molecule has 0 aromatic carbocycles. The Morgan fingerprint density at radius 2 is 2.00 bits per heavy atom. The fraction of sp³-hybridized carbons (Fsp3) is 0.462. The van der Waals surface area contributed by atoms with Crippen molar-refractivity contribution in [2.24, 2.45) is 0 Å². The maximum Gasteiger partial charge on any atom is 0.419 e. The van der Waals surface area contributed by atoms with Crippen LogP contribution in [-0.4, -0.2) is 59.6 Å². The summed E-state index contributed by atoms with van der Waals surface area (Å²) in [6, 6.07) is 5.60. The lowest BCUT2D eigenvalue weighted by Gasteiger charge is -2.26. The summed E-state index contributed by atoms with van der Waals surface area (Å²) in [5, 5.41) is 3.39. The monoisotopic (exact) mass is 496 g/mol. The van der Waals surface area contributed by atoms with Gasteiger partial charge in [0, 0.05) is 51.3 Å². The molecule has 36 heavy (non-hydrogen) atoms. The number of carbonyl (C=O) groups excluding carboxylic acids is 2. The number of ether oxygens (including phenoxy) is 4. The van der Waals surface area contributed by atoms with Crippen LogP contribution in [-0.2, 0) is 35.9 Å². The number of hydrogen-bond donors (Lipinski definition) is 1. The predicted molar refractivity (Wildman–Crippen MR) is 134 cm³/mol. The van der Waals surface area contributed by atoms with Crippen LogP contribution in [0.4, 0.5) is 10.6 Å². The number of anilines is 1. The molecule has 10 heteroatoms. The quantitative estimate of drug-likeness (QED) is 0.539. The Balaban J connectivity index is 1.93. The van der Waals surface area contributed by atoms with Crippen molar-refractivity contribution in [1.29, 1.82) is 0 Å². The van der Waals surface area contributed by atoms with E-state index < -0.39 is 17.3 Å². The van der Waals surface area contributed by atoms with Gasteiger partial charge in [0.05, 0.1) is 36.3 Å². The Morgan fingerprint density at radius 1 is 1.22 bits per heavy atom. The molecular formula is C26H32N4O6. The van der Waals surface area contributed by atoms with Gasteiger partial charge in [0.25, 0.3) is 0 Å². The van der Waals surface area contributed by atoms with Crippen molar-refractivity contribution in [3.8, 4) is 11.3 Å². The minimum absolute atomic E-state index is 0.249. The molecule has 0 radical (unpaired) electrons. The van der Waals surface area contributed by atoms with Crippen molar-refractivity contribution < 1.29 is 28.5 Å². The van der Waals surface area contributed by atoms with E-state index in [1.165, 1.54) is 17.7 Å². The van der Waals surface area contributed by atoms with E-state index in [1.807, 2.05) is 12.1 Å². The fourth-order valence-corrected chi connectivity index (χ4v) is 4.26. The van der Waals surface area contributed by atoms with Crippen molar-refractivity contribution in [3.05, 3.63) is 41.9 Å². The molecule has 10 nitrogen and oxygen atoms in total. The van der Waals surface area contributed by atoms with E-state index in [1.54, 1.807) is 47.3 Å². The number of rotatable bonds is 6. The molecule has 0 aliphatic carbocycles. The molecule has 1 aliphatic heterocycles. The van der Waals surface area contributed by atoms with Crippen molar-refractivity contribution >= 4 is 28.7 Å². The van der Waals surface area contributed by atoms with E-state index >= 15 is 0 Å². The molecule has 3 aromatic rings. The summed E-state index contributed by atoms with van der Waals surface area (Å²) in [5.74, 6) is 0.116. The molecule has 0 bridgehead atoms. The largest absolute Gasteiger partial charge is 0.443 e. The van der Waals surface area contributed by atoms with Gasteiger partial charge in [-0.05, 0) is 44.5 Å². The van der Waals surface area contributed by atoms with Gasteiger partial charge in [0.2, 0.25) is 5.91 Å². The number of hydrogen-bond acceptors (Lipinski definition) is 8. The highest BCUT2D eigenvalue weighted by molar-refractivity contribution is 6.01. The third kappa shape index (κ3) is 5.25. The summed E-state index contributed by atoms with van der Waals surface area (Å²) < 4.78 is 24.0. The van der Waals surface area contributed by atoms with Gasteiger partial charge in [0.15, 0.2) is 0 Å². The van der Waals surface area contributed by atoms with Crippen LogP contribution in [0, 0.1) is 0 Å². The van der Waals surface area contributed by atoms with E-state index in [9.17, 15) is 9.59 Å². The predicted octanol–water partition coefficient (Wildman–Crippen LogP) is 4.25. The Hall–Kier alpha value is -3.34. The van der Waals surface area contributed by atoms with Crippen LogP contribution in [0.2, 0.25) is 0 Å². The van der Waals surface area contributed by atoms with Crippen molar-refractivity contribution in [3.63, 3.8) is 0 Å². The molecule has 1 atom stereocenters. The lowest BCUT2D eigenvalue weighted by atomic mass is 9.95. The average Bonchev–Trinajstić information content (AvgIpc) is 3.43. The minimum atomic E-state index is -0.686. The molecule has 1 unspecified atom stereocenters. The zero-order valence-corrected chi connectivity index (χ0v) is 21.5. The Morgan fingerprint density at radius 3 is 2.61 bits per heavy atom. The van der Waals surface area contributed by atoms with Crippen LogP contribution in [0.1, 0.15) is 45.4 Å². The van der Waals surface area contributed by atoms with Gasteiger partial charge in [0.1, 0.15) is 17.0 Å². The zero-order valence-electron chi connectivity index (χ0n) is 21.5. The van der Waals surface area contributed by atoms with E-state index in [0.29, 0.717) is 54.2 Å². The summed E-state index contributed by atoms with van der Waals surface area (Å²) in [6.45, 7) is 8.16. The maximum absolute atomic E-state index is 13.1. The second-order valence-electron chi connectivity index (χ2n) is 9.84. The van der Waals surface area contributed by atoms with Crippen LogP contribution in [0.15, 0.2) is 30.6 Å². The second kappa shape index (κ2) is 9.96. The summed E-state index contributed by atoms with van der Waals surface area (Å²) in [7, 11) is 3.28. The Labute approximate surface area is 209 Å². The van der Waals surface area contributed by atoms with Crippen LogP contribution in [0.3, 0.4) is 0 Å². The Kier molecular flexibility index (Phi) is 7.12. The molecule has 3 aromatic heterocycles. The molecule has 1 amide bonds. The molecule has 1 fully saturated rings. The van der Waals surface area contributed by atoms with Gasteiger partial charge >= 0.3 is 6.09 Å². The first-order valence-electron chi connectivity index (χ1n) is 11.7. The number of amides is 1. The number of carbonyl (C=O) groups is 2. The minimum Gasteiger partial charge on any atom is -0.443 e. The lowest BCUT2D eigenvalue weighted by Crippen LogP contribution is -2.30.